The number of aliphatic hydroxyl groups excluding tert-OH is 1. The van der Waals surface area contributed by atoms with Gasteiger partial charge in [-0.05, 0) is 43.8 Å². The largest absolute Gasteiger partial charge is 0.396 e. The molecule has 1 aliphatic heterocycles. The fourth-order valence-electron chi connectivity index (χ4n) is 3.68. The predicted molar refractivity (Wildman–Crippen MR) is 97.9 cm³/mol. The molecule has 1 aromatic rings. The van der Waals surface area contributed by atoms with E-state index < -0.39 is 0 Å². The number of likely N-dealkylation sites (tertiary alicyclic amines) is 1. The molecule has 1 aliphatic rings. The summed E-state index contributed by atoms with van der Waals surface area (Å²) in [6, 6.07) is 10.1. The predicted octanol–water partition coefficient (Wildman–Crippen LogP) is 2.78. The fourth-order valence-corrected chi connectivity index (χ4v) is 3.68. The summed E-state index contributed by atoms with van der Waals surface area (Å²) >= 11 is 0. The first-order valence-electron chi connectivity index (χ1n) is 9.31. The number of hydrogen-bond acceptors (Lipinski definition) is 3. The average Bonchev–Trinajstić information content (AvgIpc) is 2.60. The van der Waals surface area contributed by atoms with Gasteiger partial charge in [0.25, 0.3) is 0 Å². The zero-order valence-electron chi connectivity index (χ0n) is 15.1. The quantitative estimate of drug-likeness (QED) is 0.770. The molecule has 4 heteroatoms. The summed E-state index contributed by atoms with van der Waals surface area (Å²) in [5.74, 6) is 0.594. The van der Waals surface area contributed by atoms with Gasteiger partial charge in [-0.1, -0.05) is 50.6 Å². The van der Waals surface area contributed by atoms with Gasteiger partial charge in [0.05, 0.1) is 6.04 Å². The number of aliphatic hydroxyl groups is 1. The van der Waals surface area contributed by atoms with Crippen LogP contribution in [-0.2, 0) is 4.79 Å². The van der Waals surface area contributed by atoms with Crippen molar-refractivity contribution in [2.24, 2.45) is 5.92 Å². The third-order valence-corrected chi connectivity index (χ3v) is 4.96. The lowest BCUT2D eigenvalue weighted by atomic mass is 9.95. The Morgan fingerprint density at radius 2 is 1.83 bits per heavy atom. The van der Waals surface area contributed by atoms with E-state index in [0.29, 0.717) is 18.9 Å². The summed E-state index contributed by atoms with van der Waals surface area (Å²) in [7, 11) is 0. The number of carbonyl (C=O) groups excluding carboxylic acids is 1. The van der Waals surface area contributed by atoms with Crippen LogP contribution in [0.3, 0.4) is 0 Å². The SMILES string of the molecule is CC(C)C(C(=O)NCC(CCO)c1ccccc1)N1CCCCC1. The molecule has 2 N–H and O–H groups in total. The van der Waals surface area contributed by atoms with E-state index >= 15 is 0 Å². The number of nitrogens with zero attached hydrogens (tertiary/aromatic N) is 1. The first-order chi connectivity index (χ1) is 11.6. The maximum atomic E-state index is 12.8. The number of benzene rings is 1. The molecule has 0 radical (unpaired) electrons. The molecule has 2 rings (SSSR count). The first-order valence-corrected chi connectivity index (χ1v) is 9.31. The summed E-state index contributed by atoms with van der Waals surface area (Å²) in [4.78, 5) is 15.1. The van der Waals surface area contributed by atoms with Crippen molar-refractivity contribution >= 4 is 5.91 Å². The number of piperidine rings is 1. The van der Waals surface area contributed by atoms with Gasteiger partial charge in [-0.3, -0.25) is 9.69 Å². The molecule has 0 aliphatic carbocycles. The topological polar surface area (TPSA) is 52.6 Å². The van der Waals surface area contributed by atoms with E-state index in [1.165, 1.54) is 24.8 Å². The van der Waals surface area contributed by atoms with E-state index in [1.54, 1.807) is 0 Å². The van der Waals surface area contributed by atoms with Gasteiger partial charge in [-0.15, -0.1) is 0 Å². The molecule has 1 heterocycles. The second kappa shape index (κ2) is 9.80. The van der Waals surface area contributed by atoms with Crippen LogP contribution in [0.15, 0.2) is 30.3 Å². The molecule has 1 fully saturated rings. The number of nitrogens with one attached hydrogen (secondary N) is 1. The van der Waals surface area contributed by atoms with E-state index in [-0.39, 0.29) is 24.5 Å². The van der Waals surface area contributed by atoms with Gasteiger partial charge < -0.3 is 10.4 Å². The first kappa shape index (κ1) is 18.9. The highest BCUT2D eigenvalue weighted by Crippen LogP contribution is 2.20. The minimum atomic E-state index is -0.0455. The van der Waals surface area contributed by atoms with Gasteiger partial charge in [0.1, 0.15) is 0 Å². The summed E-state index contributed by atoms with van der Waals surface area (Å²) in [6.07, 6.45) is 4.32. The van der Waals surface area contributed by atoms with Crippen LogP contribution in [0, 0.1) is 5.92 Å². The van der Waals surface area contributed by atoms with Crippen LogP contribution in [0.4, 0.5) is 0 Å². The molecule has 1 aromatic carbocycles. The molecule has 1 amide bonds. The molecule has 2 atom stereocenters. The molecule has 0 saturated carbocycles. The minimum absolute atomic E-state index is 0.0455. The average molecular weight is 332 g/mol. The van der Waals surface area contributed by atoms with Gasteiger partial charge in [0.15, 0.2) is 0 Å². The summed E-state index contributed by atoms with van der Waals surface area (Å²) in [5, 5.41) is 12.5. The van der Waals surface area contributed by atoms with Crippen LogP contribution in [-0.4, -0.2) is 48.2 Å². The zero-order chi connectivity index (χ0) is 17.4. The molecule has 24 heavy (non-hydrogen) atoms. The maximum Gasteiger partial charge on any atom is 0.237 e. The highest BCUT2D eigenvalue weighted by molar-refractivity contribution is 5.82. The fraction of sp³-hybridized carbons (Fsp3) is 0.650. The minimum Gasteiger partial charge on any atom is -0.396 e. The lowest BCUT2D eigenvalue weighted by molar-refractivity contribution is -0.128. The Bertz CT molecular complexity index is 484. The van der Waals surface area contributed by atoms with Crippen molar-refractivity contribution in [2.75, 3.05) is 26.2 Å². The molecule has 0 aromatic heterocycles. The molecule has 1 saturated heterocycles. The third kappa shape index (κ3) is 5.32. The smallest absolute Gasteiger partial charge is 0.237 e. The highest BCUT2D eigenvalue weighted by Gasteiger charge is 2.30. The summed E-state index contributed by atoms with van der Waals surface area (Å²) in [5.41, 5.74) is 1.17. The van der Waals surface area contributed by atoms with Crippen molar-refractivity contribution in [1.82, 2.24) is 10.2 Å². The molecule has 134 valence electrons. The van der Waals surface area contributed by atoms with E-state index in [1.807, 2.05) is 18.2 Å². The van der Waals surface area contributed by atoms with Crippen molar-refractivity contribution in [1.29, 1.82) is 0 Å². The molecular formula is C20H32N2O2. The van der Waals surface area contributed by atoms with Crippen molar-refractivity contribution in [3.05, 3.63) is 35.9 Å². The van der Waals surface area contributed by atoms with Crippen molar-refractivity contribution < 1.29 is 9.90 Å². The van der Waals surface area contributed by atoms with Crippen LogP contribution < -0.4 is 5.32 Å². The van der Waals surface area contributed by atoms with Gasteiger partial charge in [-0.25, -0.2) is 0 Å². The van der Waals surface area contributed by atoms with Crippen molar-refractivity contribution in [3.8, 4) is 0 Å². The lowest BCUT2D eigenvalue weighted by Crippen LogP contribution is -2.52. The molecule has 0 spiro atoms. The van der Waals surface area contributed by atoms with Crippen LogP contribution in [0.25, 0.3) is 0 Å². The molecule has 4 nitrogen and oxygen atoms in total. The normalized spacial score (nSPS) is 18.3. The van der Waals surface area contributed by atoms with Crippen LogP contribution in [0.2, 0.25) is 0 Å². The highest BCUT2D eigenvalue weighted by atomic mass is 16.3. The Hall–Kier alpha value is -1.39. The van der Waals surface area contributed by atoms with Crippen LogP contribution >= 0.6 is 0 Å². The lowest BCUT2D eigenvalue weighted by Gasteiger charge is -2.36. The Labute approximate surface area is 146 Å². The second-order valence-electron chi connectivity index (χ2n) is 7.15. The molecular weight excluding hydrogens is 300 g/mol. The van der Waals surface area contributed by atoms with Crippen LogP contribution in [0.1, 0.15) is 51.0 Å². The summed E-state index contributed by atoms with van der Waals surface area (Å²) in [6.45, 7) is 7.02. The number of rotatable bonds is 8. The molecule has 0 bridgehead atoms. The Morgan fingerprint density at radius 3 is 2.42 bits per heavy atom. The standard InChI is InChI=1S/C20H32N2O2/c1-16(2)19(22-12-7-4-8-13-22)20(24)21-15-18(11-14-23)17-9-5-3-6-10-17/h3,5-6,9-10,16,18-19,23H,4,7-8,11-15H2,1-2H3,(H,21,24). The number of carbonyl (C=O) groups is 1. The maximum absolute atomic E-state index is 12.8. The number of hydrogen-bond donors (Lipinski definition) is 2. The van der Waals surface area contributed by atoms with Gasteiger partial charge in [0.2, 0.25) is 5.91 Å². The van der Waals surface area contributed by atoms with Crippen LogP contribution in [0.5, 0.6) is 0 Å². The Balaban J connectivity index is 1.97. The Morgan fingerprint density at radius 1 is 1.17 bits per heavy atom. The summed E-state index contributed by atoms with van der Waals surface area (Å²) < 4.78 is 0. The number of amides is 1. The van der Waals surface area contributed by atoms with Crippen molar-refractivity contribution in [3.63, 3.8) is 0 Å². The van der Waals surface area contributed by atoms with Gasteiger partial charge in [-0.2, -0.15) is 0 Å². The van der Waals surface area contributed by atoms with Gasteiger partial charge in [0, 0.05) is 19.1 Å². The third-order valence-electron chi connectivity index (χ3n) is 4.96. The zero-order valence-corrected chi connectivity index (χ0v) is 15.1. The second-order valence-corrected chi connectivity index (χ2v) is 7.15. The van der Waals surface area contributed by atoms with E-state index in [4.69, 9.17) is 0 Å². The van der Waals surface area contributed by atoms with E-state index in [2.05, 4.69) is 36.2 Å². The van der Waals surface area contributed by atoms with E-state index in [9.17, 15) is 9.90 Å². The monoisotopic (exact) mass is 332 g/mol. The van der Waals surface area contributed by atoms with Crippen molar-refractivity contribution in [2.45, 2.75) is 51.5 Å². The Kier molecular flexibility index (Phi) is 7.73. The molecule has 2 unspecified atom stereocenters. The van der Waals surface area contributed by atoms with Gasteiger partial charge >= 0.3 is 0 Å². The van der Waals surface area contributed by atoms with E-state index in [0.717, 1.165) is 13.1 Å².